The number of benzene rings is 1. The molecule has 0 aliphatic heterocycles. The summed E-state index contributed by atoms with van der Waals surface area (Å²) in [7, 11) is 1.33. The van der Waals surface area contributed by atoms with Gasteiger partial charge in [0.05, 0.1) is 35.9 Å². The lowest BCUT2D eigenvalue weighted by Gasteiger charge is -2.09. The van der Waals surface area contributed by atoms with E-state index >= 15 is 0 Å². The molecule has 0 atom stereocenters. The molecular weight excluding hydrogens is 330 g/mol. The summed E-state index contributed by atoms with van der Waals surface area (Å²) in [6.07, 6.45) is 2.82. The Kier molecular flexibility index (Phi) is 4.66. The monoisotopic (exact) mass is 347 g/mol. The van der Waals surface area contributed by atoms with Gasteiger partial charge in [0, 0.05) is 6.42 Å². The summed E-state index contributed by atoms with van der Waals surface area (Å²) in [5.41, 5.74) is 2.82. The van der Waals surface area contributed by atoms with E-state index in [2.05, 4.69) is 15.3 Å². The number of hydrogen-bond acceptors (Lipinski definition) is 5. The number of esters is 1. The number of nitrogens with zero attached hydrogens (tertiary/aromatic N) is 2. The number of halogens is 1. The van der Waals surface area contributed by atoms with Gasteiger partial charge in [-0.15, -0.1) is 0 Å². The van der Waals surface area contributed by atoms with Gasteiger partial charge in [0.1, 0.15) is 0 Å². The largest absolute Gasteiger partial charge is 0.465 e. The van der Waals surface area contributed by atoms with Gasteiger partial charge in [-0.05, 0) is 43.4 Å². The number of nitrogens with one attached hydrogen (secondary N) is 1. The zero-order valence-electron chi connectivity index (χ0n) is 13.6. The van der Waals surface area contributed by atoms with Crippen LogP contribution in [0.5, 0.6) is 0 Å². The third kappa shape index (κ3) is 3.64. The van der Waals surface area contributed by atoms with Gasteiger partial charge in [-0.1, -0.05) is 11.6 Å². The van der Waals surface area contributed by atoms with Crippen LogP contribution in [0.3, 0.4) is 0 Å². The van der Waals surface area contributed by atoms with Gasteiger partial charge in [0.15, 0.2) is 5.15 Å². The molecule has 3 rings (SSSR count). The number of fused-ring (bicyclic) bond motifs is 1. The fourth-order valence-corrected chi connectivity index (χ4v) is 2.70. The van der Waals surface area contributed by atoms with Crippen LogP contribution in [0.2, 0.25) is 5.15 Å². The van der Waals surface area contributed by atoms with Crippen molar-refractivity contribution in [2.75, 3.05) is 7.11 Å². The maximum absolute atomic E-state index is 11.8. The average molecular weight is 348 g/mol. The first-order valence-electron chi connectivity index (χ1n) is 7.79. The Morgan fingerprint density at radius 3 is 2.67 bits per heavy atom. The second kappa shape index (κ2) is 6.73. The van der Waals surface area contributed by atoms with E-state index in [-0.39, 0.29) is 17.6 Å². The fraction of sp³-hybridized carbons (Fsp3) is 0.412. The molecule has 6 nitrogen and oxygen atoms in total. The Bertz CT molecular complexity index is 818. The Morgan fingerprint density at radius 2 is 2.00 bits per heavy atom. The lowest BCUT2D eigenvalue weighted by molar-refractivity contribution is -0.121. The minimum Gasteiger partial charge on any atom is -0.465 e. The third-order valence-electron chi connectivity index (χ3n) is 4.06. The summed E-state index contributed by atoms with van der Waals surface area (Å²) >= 11 is 6.17. The van der Waals surface area contributed by atoms with Gasteiger partial charge in [-0.2, -0.15) is 0 Å². The van der Waals surface area contributed by atoms with E-state index in [9.17, 15) is 9.59 Å². The quantitative estimate of drug-likeness (QED) is 0.841. The topological polar surface area (TPSA) is 81.2 Å². The predicted octanol–water partition coefficient (Wildman–Crippen LogP) is 2.79. The minimum atomic E-state index is -0.427. The van der Waals surface area contributed by atoms with Gasteiger partial charge in [-0.3, -0.25) is 4.79 Å². The second-order valence-corrected chi connectivity index (χ2v) is 6.39. The van der Waals surface area contributed by atoms with Crippen molar-refractivity contribution >= 4 is 34.5 Å². The highest BCUT2D eigenvalue weighted by molar-refractivity contribution is 6.30. The van der Waals surface area contributed by atoms with Crippen molar-refractivity contribution in [3.8, 4) is 0 Å². The molecule has 126 valence electrons. The number of amides is 1. The van der Waals surface area contributed by atoms with Gasteiger partial charge < -0.3 is 10.1 Å². The number of aryl methyl sites for hydroxylation is 1. The van der Waals surface area contributed by atoms with Crippen molar-refractivity contribution in [3.63, 3.8) is 0 Å². The molecule has 1 fully saturated rings. The lowest BCUT2D eigenvalue weighted by atomic mass is 10.1. The van der Waals surface area contributed by atoms with Crippen molar-refractivity contribution in [1.29, 1.82) is 0 Å². The molecule has 1 N–H and O–H groups in total. The average Bonchev–Trinajstić information content (AvgIpc) is 3.36. The smallest absolute Gasteiger partial charge is 0.338 e. The second-order valence-electron chi connectivity index (χ2n) is 6.03. The first-order chi connectivity index (χ1) is 11.5. The number of methoxy groups -OCH3 is 1. The SMILES string of the molecule is COC(=O)c1cc2nc(Cl)c(CNC(=O)CC3CC3)nc2cc1C. The molecule has 1 aromatic heterocycles. The molecule has 0 bridgehead atoms. The van der Waals surface area contributed by atoms with Crippen LogP contribution in [-0.4, -0.2) is 29.0 Å². The standard InChI is InChI=1S/C17H18ClN3O3/c1-9-5-12-13(7-11(9)17(23)24-2)21-16(18)14(20-12)8-19-15(22)6-10-3-4-10/h5,7,10H,3-4,6,8H2,1-2H3,(H,19,22). The molecule has 0 unspecified atom stereocenters. The van der Waals surface area contributed by atoms with Crippen LogP contribution in [0.4, 0.5) is 0 Å². The zero-order chi connectivity index (χ0) is 17.3. The summed E-state index contributed by atoms with van der Waals surface area (Å²) < 4.78 is 4.75. The maximum atomic E-state index is 11.8. The molecule has 7 heteroatoms. The predicted molar refractivity (Wildman–Crippen MR) is 89.8 cm³/mol. The van der Waals surface area contributed by atoms with Crippen LogP contribution < -0.4 is 5.32 Å². The molecule has 1 aliphatic rings. The van der Waals surface area contributed by atoms with Crippen LogP contribution in [0, 0.1) is 12.8 Å². The molecule has 0 radical (unpaired) electrons. The first kappa shape index (κ1) is 16.6. The van der Waals surface area contributed by atoms with Crippen LogP contribution in [0.15, 0.2) is 12.1 Å². The summed E-state index contributed by atoms with van der Waals surface area (Å²) in [6.45, 7) is 2.05. The van der Waals surface area contributed by atoms with Gasteiger partial charge in [-0.25, -0.2) is 14.8 Å². The number of rotatable bonds is 5. The molecule has 1 heterocycles. The van der Waals surface area contributed by atoms with E-state index in [4.69, 9.17) is 16.3 Å². The fourth-order valence-electron chi connectivity index (χ4n) is 2.50. The maximum Gasteiger partial charge on any atom is 0.338 e. The molecule has 24 heavy (non-hydrogen) atoms. The normalized spacial score (nSPS) is 13.8. The highest BCUT2D eigenvalue weighted by Gasteiger charge is 2.24. The highest BCUT2D eigenvalue weighted by Crippen LogP contribution is 2.32. The molecule has 0 spiro atoms. The number of ether oxygens (including phenoxy) is 1. The molecule has 2 aromatic rings. The Morgan fingerprint density at radius 1 is 1.29 bits per heavy atom. The van der Waals surface area contributed by atoms with E-state index in [1.165, 1.54) is 7.11 Å². The summed E-state index contributed by atoms with van der Waals surface area (Å²) in [6, 6.07) is 3.38. The molecule has 1 amide bonds. The Hall–Kier alpha value is -2.21. The number of aromatic nitrogens is 2. The lowest BCUT2D eigenvalue weighted by Crippen LogP contribution is -2.23. The molecule has 1 saturated carbocycles. The molecule has 1 aliphatic carbocycles. The molecule has 0 saturated heterocycles. The van der Waals surface area contributed by atoms with Crippen molar-refractivity contribution in [1.82, 2.24) is 15.3 Å². The molecular formula is C17H18ClN3O3. The van der Waals surface area contributed by atoms with Crippen LogP contribution >= 0.6 is 11.6 Å². The van der Waals surface area contributed by atoms with Crippen molar-refractivity contribution in [2.24, 2.45) is 5.92 Å². The Balaban J connectivity index is 1.83. The van der Waals surface area contributed by atoms with E-state index in [0.717, 1.165) is 18.4 Å². The number of carbonyl (C=O) groups is 2. The van der Waals surface area contributed by atoms with Gasteiger partial charge >= 0.3 is 5.97 Å². The minimum absolute atomic E-state index is 0.00711. The summed E-state index contributed by atoms with van der Waals surface area (Å²) in [5.74, 6) is 0.110. The van der Waals surface area contributed by atoms with Crippen LogP contribution in [0.1, 0.15) is 40.9 Å². The first-order valence-corrected chi connectivity index (χ1v) is 8.17. The van der Waals surface area contributed by atoms with Crippen LogP contribution in [0.25, 0.3) is 11.0 Å². The van der Waals surface area contributed by atoms with Crippen LogP contribution in [-0.2, 0) is 16.1 Å². The molecule has 1 aromatic carbocycles. The highest BCUT2D eigenvalue weighted by atomic mass is 35.5. The third-order valence-corrected chi connectivity index (χ3v) is 4.37. The Labute approximate surface area is 144 Å². The van der Waals surface area contributed by atoms with Gasteiger partial charge in [0.2, 0.25) is 5.91 Å². The van der Waals surface area contributed by atoms with E-state index in [1.807, 2.05) is 0 Å². The van der Waals surface area contributed by atoms with Crippen molar-refractivity contribution in [3.05, 3.63) is 34.1 Å². The number of hydrogen-bond donors (Lipinski definition) is 1. The van der Waals surface area contributed by atoms with Gasteiger partial charge in [0.25, 0.3) is 0 Å². The zero-order valence-corrected chi connectivity index (χ0v) is 14.3. The van der Waals surface area contributed by atoms with E-state index < -0.39 is 5.97 Å². The summed E-state index contributed by atoms with van der Waals surface area (Å²) in [4.78, 5) is 32.3. The van der Waals surface area contributed by atoms with Crippen molar-refractivity contribution in [2.45, 2.75) is 32.7 Å². The van der Waals surface area contributed by atoms with E-state index in [0.29, 0.717) is 34.6 Å². The summed E-state index contributed by atoms with van der Waals surface area (Å²) in [5, 5.41) is 3.05. The van der Waals surface area contributed by atoms with Crippen molar-refractivity contribution < 1.29 is 14.3 Å². The number of carbonyl (C=O) groups excluding carboxylic acids is 2. The van der Waals surface area contributed by atoms with E-state index in [1.54, 1.807) is 19.1 Å².